The van der Waals surface area contributed by atoms with Crippen LogP contribution in [-0.2, 0) is 10.0 Å². The Bertz CT molecular complexity index is 245. The van der Waals surface area contributed by atoms with Gasteiger partial charge in [0.25, 0.3) is 15.5 Å². The van der Waals surface area contributed by atoms with E-state index in [1.165, 1.54) is 10.2 Å². The summed E-state index contributed by atoms with van der Waals surface area (Å²) < 4.78 is 21.4. The van der Waals surface area contributed by atoms with E-state index in [0.29, 0.717) is 0 Å². The van der Waals surface area contributed by atoms with Crippen molar-refractivity contribution < 1.29 is 13.7 Å². The van der Waals surface area contributed by atoms with Crippen LogP contribution in [0.1, 0.15) is 0 Å². The van der Waals surface area contributed by atoms with Crippen molar-refractivity contribution in [3.8, 4) is 0 Å². The molecule has 1 aliphatic heterocycles. The van der Waals surface area contributed by atoms with Crippen molar-refractivity contribution in [2.45, 2.75) is 5.50 Å². The van der Waals surface area contributed by atoms with Gasteiger partial charge >= 0.3 is 0 Å². The van der Waals surface area contributed by atoms with Crippen LogP contribution in [0.15, 0.2) is 12.4 Å². The highest BCUT2D eigenvalue weighted by atomic mass is 32.2. The number of quaternary nitrogens is 1. The molecule has 1 atom stereocenters. The van der Waals surface area contributed by atoms with E-state index >= 15 is 0 Å². The van der Waals surface area contributed by atoms with Gasteiger partial charge in [-0.15, -0.1) is 0 Å². The lowest BCUT2D eigenvalue weighted by atomic mass is 10.9. The maximum Gasteiger partial charge on any atom is 0.284 e. The van der Waals surface area contributed by atoms with Crippen LogP contribution in [0.3, 0.4) is 0 Å². The fourth-order valence-electron chi connectivity index (χ4n) is 0.842. The van der Waals surface area contributed by atoms with Gasteiger partial charge in [-0.1, -0.05) is 0 Å². The molecule has 1 aliphatic rings. The molecule has 0 spiro atoms. The highest BCUT2D eigenvalue weighted by Crippen LogP contribution is 1.97. The normalized spacial score (nSPS) is 25.8. The molecule has 10 heavy (non-hydrogen) atoms. The summed E-state index contributed by atoms with van der Waals surface area (Å²) >= 11 is 0. The number of nitrogens with two attached hydrogens (primary N) is 2. The van der Waals surface area contributed by atoms with E-state index in [1.807, 2.05) is 0 Å². The van der Waals surface area contributed by atoms with E-state index in [9.17, 15) is 8.42 Å². The maximum absolute atomic E-state index is 10.7. The zero-order valence-electron chi connectivity index (χ0n) is 5.56. The van der Waals surface area contributed by atoms with Gasteiger partial charge in [0.1, 0.15) is 6.20 Å². The second kappa shape index (κ2) is 2.22. The molecule has 0 saturated carbocycles. The lowest BCUT2D eigenvalue weighted by molar-refractivity contribution is -0.609. The molecular formula is C4H10N3O2S+. The van der Waals surface area contributed by atoms with Crippen molar-refractivity contribution in [2.24, 2.45) is 5.14 Å². The molecule has 0 radical (unpaired) electrons. The minimum atomic E-state index is -3.44. The van der Waals surface area contributed by atoms with Crippen LogP contribution in [-0.4, -0.2) is 25.9 Å². The maximum atomic E-state index is 10.7. The van der Waals surface area contributed by atoms with Gasteiger partial charge in [0, 0.05) is 7.05 Å². The summed E-state index contributed by atoms with van der Waals surface area (Å²) in [6, 6.07) is 0. The minimum absolute atomic E-state index is 0.674. The van der Waals surface area contributed by atoms with Gasteiger partial charge in [0.05, 0.1) is 6.20 Å². The second-order valence-electron chi connectivity index (χ2n) is 2.18. The summed E-state index contributed by atoms with van der Waals surface area (Å²) in [7, 11) is -1.78. The first-order valence-electron chi connectivity index (χ1n) is 2.77. The standard InChI is InChI=1S/C4H9N3O2S/c1-7-3-2-6-4(7)10(5,8)9/h2-4,6H,1H3,(H2,5,8,9)/p+1. The van der Waals surface area contributed by atoms with Crippen LogP contribution in [0.4, 0.5) is 0 Å². The van der Waals surface area contributed by atoms with Gasteiger partial charge < -0.3 is 4.90 Å². The van der Waals surface area contributed by atoms with Gasteiger partial charge in [0.2, 0.25) is 0 Å². The number of rotatable bonds is 1. The Hall–Kier alpha value is -0.590. The second-order valence-corrected chi connectivity index (χ2v) is 3.84. The van der Waals surface area contributed by atoms with Crippen LogP contribution in [0.2, 0.25) is 0 Å². The van der Waals surface area contributed by atoms with E-state index < -0.39 is 15.5 Å². The van der Waals surface area contributed by atoms with Crippen molar-refractivity contribution in [2.75, 3.05) is 7.05 Å². The Kier molecular flexibility index (Phi) is 1.67. The molecule has 0 fully saturated rings. The summed E-state index contributed by atoms with van der Waals surface area (Å²) in [6.45, 7) is 0. The molecule has 0 aromatic carbocycles. The largest absolute Gasteiger partial charge is 0.313 e. The minimum Gasteiger partial charge on any atom is -0.313 e. The van der Waals surface area contributed by atoms with Crippen molar-refractivity contribution in [1.82, 2.24) is 4.90 Å². The van der Waals surface area contributed by atoms with Gasteiger partial charge in [0.15, 0.2) is 0 Å². The Balaban J connectivity index is 2.79. The molecule has 0 bridgehead atoms. The molecule has 1 rings (SSSR count). The zero-order chi connectivity index (χ0) is 7.78. The summed E-state index contributed by atoms with van der Waals surface area (Å²) in [5.41, 5.74) is -0.674. The quantitative estimate of drug-likeness (QED) is 0.451. The predicted molar refractivity (Wildman–Crippen MR) is 35.7 cm³/mol. The Morgan fingerprint density at radius 1 is 1.70 bits per heavy atom. The first-order valence-corrected chi connectivity index (χ1v) is 4.38. The number of hydrogen-bond donors (Lipinski definition) is 2. The SMILES string of the molecule is CN1C=C[NH2+]C1S(N)(=O)=O. The third kappa shape index (κ3) is 1.28. The summed E-state index contributed by atoms with van der Waals surface area (Å²) in [5, 5.41) is 6.43. The molecule has 58 valence electrons. The van der Waals surface area contributed by atoms with E-state index in [1.54, 1.807) is 19.4 Å². The molecule has 6 heteroatoms. The van der Waals surface area contributed by atoms with Crippen LogP contribution in [0.25, 0.3) is 0 Å². The fourth-order valence-corrected chi connectivity index (χ4v) is 1.69. The molecule has 4 N–H and O–H groups in total. The van der Waals surface area contributed by atoms with Crippen LogP contribution < -0.4 is 10.5 Å². The Morgan fingerprint density at radius 2 is 2.30 bits per heavy atom. The first-order chi connectivity index (χ1) is 4.52. The highest BCUT2D eigenvalue weighted by molar-refractivity contribution is 7.89. The van der Waals surface area contributed by atoms with Crippen molar-refractivity contribution in [1.29, 1.82) is 0 Å². The number of sulfonamides is 1. The molecular weight excluding hydrogens is 154 g/mol. The van der Waals surface area contributed by atoms with Crippen LogP contribution in [0, 0.1) is 0 Å². The molecule has 0 amide bonds. The average molecular weight is 164 g/mol. The lowest BCUT2D eigenvalue weighted by Crippen LogP contribution is -2.87. The highest BCUT2D eigenvalue weighted by Gasteiger charge is 2.30. The fraction of sp³-hybridized carbons (Fsp3) is 0.500. The summed E-state index contributed by atoms with van der Waals surface area (Å²) in [4.78, 5) is 1.54. The van der Waals surface area contributed by atoms with E-state index in [2.05, 4.69) is 0 Å². The number of primary sulfonamides is 1. The van der Waals surface area contributed by atoms with Gasteiger partial charge in [-0.25, -0.2) is 13.6 Å². The Morgan fingerprint density at radius 3 is 2.50 bits per heavy atom. The monoisotopic (exact) mass is 164 g/mol. The van der Waals surface area contributed by atoms with E-state index in [4.69, 9.17) is 5.14 Å². The number of hydrogen-bond acceptors (Lipinski definition) is 3. The van der Waals surface area contributed by atoms with Crippen molar-refractivity contribution in [3.05, 3.63) is 12.4 Å². The van der Waals surface area contributed by atoms with E-state index in [-0.39, 0.29) is 0 Å². The van der Waals surface area contributed by atoms with Gasteiger partial charge in [-0.3, -0.25) is 5.32 Å². The van der Waals surface area contributed by atoms with Crippen LogP contribution >= 0.6 is 0 Å². The Labute approximate surface area is 59.5 Å². The molecule has 0 aromatic heterocycles. The number of nitrogens with zero attached hydrogens (tertiary/aromatic N) is 1. The average Bonchev–Trinajstić information content (AvgIpc) is 2.11. The molecule has 1 heterocycles. The molecule has 0 aliphatic carbocycles. The van der Waals surface area contributed by atoms with E-state index in [0.717, 1.165) is 0 Å². The van der Waals surface area contributed by atoms with Gasteiger partial charge in [-0.2, -0.15) is 0 Å². The van der Waals surface area contributed by atoms with Crippen LogP contribution in [0.5, 0.6) is 0 Å². The topological polar surface area (TPSA) is 80.0 Å². The zero-order valence-corrected chi connectivity index (χ0v) is 6.38. The smallest absolute Gasteiger partial charge is 0.284 e. The third-order valence-electron chi connectivity index (χ3n) is 1.33. The van der Waals surface area contributed by atoms with Crippen molar-refractivity contribution in [3.63, 3.8) is 0 Å². The first kappa shape index (κ1) is 7.52. The van der Waals surface area contributed by atoms with Gasteiger partial charge in [-0.05, 0) is 0 Å². The summed E-state index contributed by atoms with van der Waals surface area (Å²) in [6.07, 6.45) is 3.32. The lowest BCUT2D eigenvalue weighted by Gasteiger charge is -2.13. The molecule has 0 aromatic rings. The van der Waals surface area contributed by atoms with Crippen molar-refractivity contribution >= 4 is 10.0 Å². The molecule has 0 saturated heterocycles. The molecule has 1 unspecified atom stereocenters. The summed E-state index contributed by atoms with van der Waals surface area (Å²) in [5.74, 6) is 0. The third-order valence-corrected chi connectivity index (χ3v) is 2.50. The molecule has 5 nitrogen and oxygen atoms in total. The predicted octanol–water partition coefficient (Wildman–Crippen LogP) is -2.46.